The number of amides is 2. The van der Waals surface area contributed by atoms with Crippen LogP contribution in [-0.2, 0) is 4.79 Å². The van der Waals surface area contributed by atoms with E-state index < -0.39 is 5.63 Å². The van der Waals surface area contributed by atoms with Gasteiger partial charge in [0.15, 0.2) is 0 Å². The van der Waals surface area contributed by atoms with E-state index in [1.807, 2.05) is 19.1 Å². The number of para-hydroxylation sites is 1. The number of aryl methyl sites for hydroxylation is 1. The second-order valence-corrected chi connectivity index (χ2v) is 5.91. The molecule has 1 aromatic carbocycles. The standard InChI is InChI=1S/C17H18N2O4/c1-10-3-2-4-12-9-13(17(22)23-14(10)12)16(21)19-7-5-11(6-8-19)15(18)20/h2-4,9,11H,5-8H2,1H3,(H2,18,20). The number of fused-ring (bicyclic) bond motifs is 1. The van der Waals surface area contributed by atoms with E-state index in [0.717, 1.165) is 10.9 Å². The number of rotatable bonds is 2. The maximum absolute atomic E-state index is 12.6. The molecule has 0 spiro atoms. The molecule has 2 N–H and O–H groups in total. The molecule has 3 rings (SSSR count). The lowest BCUT2D eigenvalue weighted by Gasteiger charge is -2.30. The van der Waals surface area contributed by atoms with Crippen LogP contribution in [0.1, 0.15) is 28.8 Å². The SMILES string of the molecule is Cc1cccc2cc(C(=O)N3CCC(C(N)=O)CC3)c(=O)oc12. The van der Waals surface area contributed by atoms with Gasteiger partial charge < -0.3 is 15.1 Å². The van der Waals surface area contributed by atoms with Gasteiger partial charge in [0.25, 0.3) is 5.91 Å². The minimum atomic E-state index is -0.631. The maximum atomic E-state index is 12.6. The normalized spacial score (nSPS) is 15.8. The zero-order valence-corrected chi connectivity index (χ0v) is 12.9. The highest BCUT2D eigenvalue weighted by Crippen LogP contribution is 2.21. The number of hydrogen-bond acceptors (Lipinski definition) is 4. The van der Waals surface area contributed by atoms with Crippen molar-refractivity contribution in [2.75, 3.05) is 13.1 Å². The van der Waals surface area contributed by atoms with Crippen molar-refractivity contribution in [1.82, 2.24) is 4.90 Å². The average Bonchev–Trinajstić information content (AvgIpc) is 2.55. The van der Waals surface area contributed by atoms with Crippen LogP contribution in [0.2, 0.25) is 0 Å². The Kier molecular flexibility index (Phi) is 3.90. The number of hydrogen-bond donors (Lipinski definition) is 1. The third kappa shape index (κ3) is 2.84. The molecule has 0 unspecified atom stereocenters. The molecule has 1 aromatic heterocycles. The van der Waals surface area contributed by atoms with E-state index in [1.165, 1.54) is 0 Å². The van der Waals surface area contributed by atoms with Gasteiger partial charge in [0.05, 0.1) is 0 Å². The Hall–Kier alpha value is -2.63. The fraction of sp³-hybridized carbons (Fsp3) is 0.353. The van der Waals surface area contributed by atoms with Gasteiger partial charge in [0.1, 0.15) is 11.1 Å². The van der Waals surface area contributed by atoms with Crippen molar-refractivity contribution in [3.8, 4) is 0 Å². The van der Waals surface area contributed by atoms with Crippen molar-refractivity contribution < 1.29 is 14.0 Å². The van der Waals surface area contributed by atoms with Gasteiger partial charge in [0, 0.05) is 24.4 Å². The molecule has 1 aliphatic heterocycles. The summed E-state index contributed by atoms with van der Waals surface area (Å²) in [5, 5.41) is 0.722. The summed E-state index contributed by atoms with van der Waals surface area (Å²) < 4.78 is 5.32. The van der Waals surface area contributed by atoms with Crippen molar-refractivity contribution in [2.45, 2.75) is 19.8 Å². The van der Waals surface area contributed by atoms with Crippen molar-refractivity contribution >= 4 is 22.8 Å². The minimum absolute atomic E-state index is 0.0284. The van der Waals surface area contributed by atoms with Crippen LogP contribution in [0.4, 0.5) is 0 Å². The maximum Gasteiger partial charge on any atom is 0.349 e. The number of benzene rings is 1. The van der Waals surface area contributed by atoms with E-state index in [-0.39, 0.29) is 23.3 Å². The smallest absolute Gasteiger partial charge is 0.349 e. The van der Waals surface area contributed by atoms with Gasteiger partial charge in [-0.2, -0.15) is 0 Å². The first kappa shape index (κ1) is 15.3. The van der Waals surface area contributed by atoms with Crippen molar-refractivity contribution in [3.63, 3.8) is 0 Å². The fourth-order valence-electron chi connectivity index (χ4n) is 2.98. The molecule has 6 heteroatoms. The third-order valence-electron chi connectivity index (χ3n) is 4.37. The number of piperidine rings is 1. The first-order valence-electron chi connectivity index (χ1n) is 7.59. The summed E-state index contributed by atoms with van der Waals surface area (Å²) in [6.45, 7) is 2.68. The van der Waals surface area contributed by atoms with E-state index in [0.29, 0.717) is 31.5 Å². The van der Waals surface area contributed by atoms with Gasteiger partial charge in [0.2, 0.25) is 5.91 Å². The highest BCUT2D eigenvalue weighted by atomic mass is 16.4. The second kappa shape index (κ2) is 5.87. The molecule has 0 saturated carbocycles. The van der Waals surface area contributed by atoms with Crippen LogP contribution in [0.25, 0.3) is 11.0 Å². The summed E-state index contributed by atoms with van der Waals surface area (Å²) in [4.78, 5) is 37.5. The quantitative estimate of drug-likeness (QED) is 0.849. The van der Waals surface area contributed by atoms with Gasteiger partial charge in [-0.15, -0.1) is 0 Å². The number of likely N-dealkylation sites (tertiary alicyclic amines) is 1. The van der Waals surface area contributed by atoms with E-state index >= 15 is 0 Å². The van der Waals surface area contributed by atoms with Gasteiger partial charge in [-0.05, 0) is 31.4 Å². The molecule has 2 amide bonds. The van der Waals surface area contributed by atoms with Crippen molar-refractivity contribution in [3.05, 3.63) is 45.8 Å². The van der Waals surface area contributed by atoms with Crippen LogP contribution in [0, 0.1) is 12.8 Å². The molecule has 2 heterocycles. The fourth-order valence-corrected chi connectivity index (χ4v) is 2.98. The highest BCUT2D eigenvalue weighted by Gasteiger charge is 2.28. The molecule has 1 fully saturated rings. The summed E-state index contributed by atoms with van der Waals surface area (Å²) in [5.41, 5.74) is 6.04. The number of nitrogens with two attached hydrogens (primary N) is 1. The van der Waals surface area contributed by atoms with Gasteiger partial charge in [-0.25, -0.2) is 4.79 Å². The molecule has 1 saturated heterocycles. The first-order valence-corrected chi connectivity index (χ1v) is 7.59. The summed E-state index contributed by atoms with van der Waals surface area (Å²) >= 11 is 0. The molecular formula is C17H18N2O4. The molecule has 2 aromatic rings. The van der Waals surface area contributed by atoms with Crippen molar-refractivity contribution in [1.29, 1.82) is 0 Å². The minimum Gasteiger partial charge on any atom is -0.422 e. The van der Waals surface area contributed by atoms with Crippen LogP contribution in [0.5, 0.6) is 0 Å². The average molecular weight is 314 g/mol. The molecule has 23 heavy (non-hydrogen) atoms. The molecule has 1 aliphatic rings. The zero-order chi connectivity index (χ0) is 16.6. The molecule has 0 atom stereocenters. The molecular weight excluding hydrogens is 296 g/mol. The Morgan fingerprint density at radius 3 is 2.61 bits per heavy atom. The van der Waals surface area contributed by atoms with Crippen LogP contribution in [0.3, 0.4) is 0 Å². The van der Waals surface area contributed by atoms with Crippen LogP contribution >= 0.6 is 0 Å². The van der Waals surface area contributed by atoms with Gasteiger partial charge in [-0.1, -0.05) is 18.2 Å². The van der Waals surface area contributed by atoms with Gasteiger partial charge >= 0.3 is 5.63 Å². The molecule has 120 valence electrons. The third-order valence-corrected chi connectivity index (χ3v) is 4.37. The monoisotopic (exact) mass is 314 g/mol. The zero-order valence-electron chi connectivity index (χ0n) is 12.9. The largest absolute Gasteiger partial charge is 0.422 e. The Morgan fingerprint density at radius 1 is 1.26 bits per heavy atom. The van der Waals surface area contributed by atoms with E-state index in [2.05, 4.69) is 0 Å². The number of carbonyl (C=O) groups excluding carboxylic acids is 2. The van der Waals surface area contributed by atoms with E-state index in [9.17, 15) is 14.4 Å². The lowest BCUT2D eigenvalue weighted by atomic mass is 9.96. The van der Waals surface area contributed by atoms with E-state index in [4.69, 9.17) is 10.2 Å². The molecule has 0 bridgehead atoms. The van der Waals surface area contributed by atoms with Crippen molar-refractivity contribution in [2.24, 2.45) is 11.7 Å². The predicted molar refractivity (Wildman–Crippen MR) is 85.0 cm³/mol. The topological polar surface area (TPSA) is 93.6 Å². The highest BCUT2D eigenvalue weighted by molar-refractivity contribution is 5.97. The Morgan fingerprint density at radius 2 is 1.96 bits per heavy atom. The van der Waals surface area contributed by atoms with Crippen LogP contribution in [0.15, 0.2) is 33.5 Å². The molecule has 6 nitrogen and oxygen atoms in total. The lowest BCUT2D eigenvalue weighted by molar-refractivity contribution is -0.123. The van der Waals surface area contributed by atoms with Crippen LogP contribution < -0.4 is 11.4 Å². The first-order chi connectivity index (χ1) is 11.0. The lowest BCUT2D eigenvalue weighted by Crippen LogP contribution is -2.42. The predicted octanol–water partition coefficient (Wildman–Crippen LogP) is 1.44. The summed E-state index contributed by atoms with van der Waals surface area (Å²) in [7, 11) is 0. The van der Waals surface area contributed by atoms with Gasteiger partial charge in [-0.3, -0.25) is 9.59 Å². The molecule has 0 radical (unpaired) electrons. The number of nitrogens with zero attached hydrogens (tertiary/aromatic N) is 1. The Bertz CT molecular complexity index is 832. The van der Waals surface area contributed by atoms with E-state index in [1.54, 1.807) is 17.0 Å². The molecule has 0 aliphatic carbocycles. The second-order valence-electron chi connectivity index (χ2n) is 5.91. The summed E-state index contributed by atoms with van der Waals surface area (Å²) in [6, 6.07) is 7.09. The number of carbonyl (C=O) groups is 2. The Balaban J connectivity index is 1.89. The number of primary amides is 1. The Labute approximate surface area is 132 Å². The summed E-state index contributed by atoms with van der Waals surface area (Å²) in [6.07, 6.45) is 1.05. The van der Waals surface area contributed by atoms with Crippen LogP contribution in [-0.4, -0.2) is 29.8 Å². The summed E-state index contributed by atoms with van der Waals surface area (Å²) in [5.74, 6) is -0.891.